The molecule has 3 fully saturated rings. The van der Waals surface area contributed by atoms with Crippen LogP contribution >= 0.6 is 0 Å². The Balaban J connectivity index is 0.821. The number of ether oxygens (including phenoxy) is 3. The summed E-state index contributed by atoms with van der Waals surface area (Å²) in [6.07, 6.45) is 2.91. The molecule has 8 rings (SSSR count). The molecule has 0 bridgehead atoms. The molecule has 2 N–H and O–H groups in total. The van der Waals surface area contributed by atoms with E-state index < -0.39 is 35.5 Å². The number of nitrogens with zero attached hydrogens (tertiary/aromatic N) is 4. The third-order valence-electron chi connectivity index (χ3n) is 10.8. The normalized spacial score (nSPS) is 21.2. The minimum atomic E-state index is -0.996. The van der Waals surface area contributed by atoms with E-state index in [1.165, 1.54) is 6.20 Å². The second-order valence-electron chi connectivity index (χ2n) is 14.8. The van der Waals surface area contributed by atoms with E-state index in [1.54, 1.807) is 18.2 Å². The maximum absolute atomic E-state index is 14.5. The molecule has 14 heteroatoms. The number of amides is 4. The van der Waals surface area contributed by atoms with E-state index >= 15 is 0 Å². The van der Waals surface area contributed by atoms with Crippen LogP contribution in [0.25, 0.3) is 0 Å². The molecule has 1 aromatic heterocycles. The summed E-state index contributed by atoms with van der Waals surface area (Å²) < 4.78 is 32.1. The Kier molecular flexibility index (Phi) is 9.68. The molecule has 1 atom stereocenters. The fourth-order valence-corrected chi connectivity index (χ4v) is 7.41. The third kappa shape index (κ3) is 7.33. The van der Waals surface area contributed by atoms with Gasteiger partial charge in [-0.2, -0.15) is 0 Å². The summed E-state index contributed by atoms with van der Waals surface area (Å²) >= 11 is 0. The Labute approximate surface area is 317 Å². The van der Waals surface area contributed by atoms with Crippen LogP contribution in [0.2, 0.25) is 0 Å². The molecular weight excluding hydrogens is 707 g/mol. The van der Waals surface area contributed by atoms with E-state index in [0.717, 1.165) is 34.6 Å². The molecule has 1 unspecified atom stereocenters. The molecule has 0 spiro atoms. The van der Waals surface area contributed by atoms with E-state index in [2.05, 4.69) is 46.6 Å². The van der Waals surface area contributed by atoms with Gasteiger partial charge in [0.25, 0.3) is 11.8 Å². The first-order valence-corrected chi connectivity index (χ1v) is 18.5. The molecule has 284 valence electrons. The van der Waals surface area contributed by atoms with Gasteiger partial charge >= 0.3 is 0 Å². The monoisotopic (exact) mass is 748 g/mol. The third-order valence-corrected chi connectivity index (χ3v) is 10.8. The average Bonchev–Trinajstić information content (AvgIpc) is 3.42. The first-order valence-electron chi connectivity index (χ1n) is 18.5. The number of piperidine rings is 1. The van der Waals surface area contributed by atoms with Crippen molar-refractivity contribution in [1.82, 2.24) is 20.2 Å². The minimum Gasteiger partial charge on any atom is -0.490 e. The highest BCUT2D eigenvalue weighted by Crippen LogP contribution is 2.36. The number of imide groups is 2. The summed E-state index contributed by atoms with van der Waals surface area (Å²) in [5.41, 5.74) is 3.29. The van der Waals surface area contributed by atoms with Crippen molar-refractivity contribution < 1.29 is 37.8 Å². The molecule has 4 heterocycles. The number of benzene rings is 3. The fraction of sp³-hybridized carbons (Fsp3) is 0.366. The Morgan fingerprint density at radius 1 is 0.909 bits per heavy atom. The summed E-state index contributed by atoms with van der Waals surface area (Å²) in [5, 5.41) is 5.65. The summed E-state index contributed by atoms with van der Waals surface area (Å²) in [4.78, 5) is 61.6. The lowest BCUT2D eigenvalue weighted by atomic mass is 9.78. The highest BCUT2D eigenvalue weighted by Gasteiger charge is 2.45. The molecule has 4 aliphatic rings. The van der Waals surface area contributed by atoms with Gasteiger partial charge in [0.05, 0.1) is 30.5 Å². The maximum atomic E-state index is 14.5. The summed E-state index contributed by atoms with van der Waals surface area (Å²) in [5.74, 6) is -0.745. The fourth-order valence-electron chi connectivity index (χ4n) is 7.41. The van der Waals surface area contributed by atoms with Gasteiger partial charge in [-0.3, -0.25) is 29.4 Å². The van der Waals surface area contributed by atoms with Gasteiger partial charge in [-0.25, -0.2) is 14.4 Å². The van der Waals surface area contributed by atoms with Gasteiger partial charge in [0, 0.05) is 49.5 Å². The van der Waals surface area contributed by atoms with Crippen molar-refractivity contribution in [3.05, 3.63) is 107 Å². The maximum Gasteiger partial charge on any atom is 0.262 e. The number of carbonyl (C=O) groups is 4. The number of hydrogen-bond acceptors (Lipinski definition) is 11. The van der Waals surface area contributed by atoms with E-state index in [0.29, 0.717) is 43.7 Å². The molecule has 1 saturated carbocycles. The zero-order valence-electron chi connectivity index (χ0n) is 30.5. The van der Waals surface area contributed by atoms with Gasteiger partial charge in [0.1, 0.15) is 35.9 Å². The number of nitrogens with one attached hydrogen (secondary N) is 2. The summed E-state index contributed by atoms with van der Waals surface area (Å²) in [6, 6.07) is 20.0. The molecule has 2 saturated heterocycles. The number of anilines is 2. The lowest BCUT2D eigenvalue weighted by Crippen LogP contribution is -2.54. The first kappa shape index (κ1) is 36.1. The highest BCUT2D eigenvalue weighted by atomic mass is 19.1. The van der Waals surface area contributed by atoms with Crippen LogP contribution in [-0.4, -0.2) is 83.0 Å². The summed E-state index contributed by atoms with van der Waals surface area (Å²) in [7, 11) is 0. The number of fused-ring (bicyclic) bond motifs is 1. The molecule has 4 amide bonds. The zero-order chi connectivity index (χ0) is 38.3. The SMILES string of the molecule is CC(C)(c1ccc(OCc2nc(N3CCOCC3)ncc2F)cc1)c1ccc(OC2CC(Nc3ccc4c(c3)C(=O)N(C3CCC(=O)NC3=O)C4=O)C2)cc1. The van der Waals surface area contributed by atoms with Crippen LogP contribution in [-0.2, 0) is 26.3 Å². The molecule has 4 aromatic rings. The van der Waals surface area contributed by atoms with Crippen LogP contribution in [0.1, 0.15) is 77.1 Å². The predicted molar refractivity (Wildman–Crippen MR) is 199 cm³/mol. The van der Waals surface area contributed by atoms with Crippen LogP contribution in [0.15, 0.2) is 72.9 Å². The molecule has 3 aromatic carbocycles. The van der Waals surface area contributed by atoms with E-state index in [1.807, 2.05) is 41.3 Å². The van der Waals surface area contributed by atoms with E-state index in [-0.39, 0.29) is 53.8 Å². The predicted octanol–water partition coefficient (Wildman–Crippen LogP) is 4.78. The van der Waals surface area contributed by atoms with Crippen LogP contribution in [0.5, 0.6) is 11.5 Å². The van der Waals surface area contributed by atoms with Gasteiger partial charge in [0.2, 0.25) is 17.8 Å². The Morgan fingerprint density at radius 2 is 1.58 bits per heavy atom. The number of aromatic nitrogens is 2. The zero-order valence-corrected chi connectivity index (χ0v) is 30.5. The standard InChI is InChI=1S/C41H41FN6O7/c1-41(2,24-3-8-28(9-4-24)54-23-34-33(42)22-43-40(45-34)47-15-17-53-18-16-47)25-5-10-29(11-6-25)55-30-19-27(20-30)44-26-7-12-31-32(21-26)39(52)48(38(31)51)35-13-14-36(49)46-37(35)50/h3-12,21-22,27,30,35,44H,13-20,23H2,1-2H3,(H,46,49,50). The number of morpholine rings is 1. The Morgan fingerprint density at radius 3 is 2.27 bits per heavy atom. The van der Waals surface area contributed by atoms with Crippen molar-refractivity contribution in [1.29, 1.82) is 0 Å². The quantitative estimate of drug-likeness (QED) is 0.204. The van der Waals surface area contributed by atoms with E-state index in [4.69, 9.17) is 14.2 Å². The first-order chi connectivity index (χ1) is 26.5. The van der Waals surface area contributed by atoms with Crippen LogP contribution < -0.4 is 25.0 Å². The number of halogens is 1. The van der Waals surface area contributed by atoms with Gasteiger partial charge in [-0.1, -0.05) is 38.1 Å². The molecule has 1 aliphatic carbocycles. The number of rotatable bonds is 11. The van der Waals surface area contributed by atoms with Crippen molar-refractivity contribution in [2.24, 2.45) is 0 Å². The van der Waals surface area contributed by atoms with E-state index in [9.17, 15) is 23.6 Å². The second-order valence-corrected chi connectivity index (χ2v) is 14.8. The molecule has 13 nitrogen and oxygen atoms in total. The van der Waals surface area contributed by atoms with Crippen molar-refractivity contribution in [3.63, 3.8) is 0 Å². The van der Waals surface area contributed by atoms with Crippen molar-refractivity contribution in [3.8, 4) is 11.5 Å². The Hall–Kier alpha value is -5.89. The lowest BCUT2D eigenvalue weighted by molar-refractivity contribution is -0.136. The largest absolute Gasteiger partial charge is 0.490 e. The van der Waals surface area contributed by atoms with Crippen LogP contribution in [0, 0.1) is 5.82 Å². The van der Waals surface area contributed by atoms with Gasteiger partial charge in [0.15, 0.2) is 5.82 Å². The summed E-state index contributed by atoms with van der Waals surface area (Å²) in [6.45, 7) is 6.77. The topological polar surface area (TPSA) is 152 Å². The molecule has 3 aliphatic heterocycles. The number of hydrogen-bond donors (Lipinski definition) is 2. The highest BCUT2D eigenvalue weighted by molar-refractivity contribution is 6.23. The Bertz CT molecular complexity index is 2130. The average molecular weight is 749 g/mol. The minimum absolute atomic E-state index is 0.0159. The smallest absolute Gasteiger partial charge is 0.262 e. The van der Waals surface area contributed by atoms with Crippen molar-refractivity contribution in [2.45, 2.75) is 69.7 Å². The number of carbonyl (C=O) groups excluding carboxylic acids is 4. The molecule has 55 heavy (non-hydrogen) atoms. The van der Waals surface area contributed by atoms with Crippen LogP contribution in [0.4, 0.5) is 16.0 Å². The van der Waals surface area contributed by atoms with Crippen LogP contribution in [0.3, 0.4) is 0 Å². The van der Waals surface area contributed by atoms with Crippen molar-refractivity contribution in [2.75, 3.05) is 36.5 Å². The second kappa shape index (κ2) is 14.7. The molecular formula is C41H41FN6O7. The van der Waals surface area contributed by atoms with Gasteiger partial charge in [-0.15, -0.1) is 0 Å². The van der Waals surface area contributed by atoms with Gasteiger partial charge in [-0.05, 0) is 60.0 Å². The lowest BCUT2D eigenvalue weighted by Gasteiger charge is -2.36. The van der Waals surface area contributed by atoms with Gasteiger partial charge < -0.3 is 24.4 Å². The molecule has 0 radical (unpaired) electrons. The van der Waals surface area contributed by atoms with Crippen molar-refractivity contribution >= 4 is 35.3 Å².